The number of phenolic OH excluding ortho intramolecular Hbond substituents is 1. The van der Waals surface area contributed by atoms with Gasteiger partial charge in [-0.05, 0) is 49.7 Å². The fraction of sp³-hybridized carbons (Fsp3) is 0.650. The quantitative estimate of drug-likeness (QED) is 0.358. The van der Waals surface area contributed by atoms with Gasteiger partial charge in [0.15, 0.2) is 5.96 Å². The van der Waals surface area contributed by atoms with Gasteiger partial charge < -0.3 is 25.6 Å². The number of phenols is 1. The second-order valence-electron chi connectivity index (χ2n) is 6.55. The van der Waals surface area contributed by atoms with Crippen molar-refractivity contribution in [2.75, 3.05) is 33.4 Å². The van der Waals surface area contributed by atoms with Crippen molar-refractivity contribution >= 4 is 5.96 Å². The number of ether oxygens (including phenoxy) is 1. The fourth-order valence-electron chi connectivity index (χ4n) is 2.93. The molecule has 0 unspecified atom stereocenters. The number of aromatic hydroxyl groups is 1. The van der Waals surface area contributed by atoms with E-state index in [2.05, 4.69) is 24.5 Å². The molecule has 0 amide bonds. The Kier molecular flexibility index (Phi) is 9.88. The largest absolute Gasteiger partial charge is 0.508 e. The minimum absolute atomic E-state index is 0.0470. The molecular weight excluding hydrogens is 330 g/mol. The summed E-state index contributed by atoms with van der Waals surface area (Å²) in [5.74, 6) is 1.66. The van der Waals surface area contributed by atoms with E-state index in [0.29, 0.717) is 25.3 Å². The molecule has 0 saturated heterocycles. The number of guanidine groups is 1. The first-order chi connectivity index (χ1) is 12.5. The van der Waals surface area contributed by atoms with Crippen molar-refractivity contribution in [1.82, 2.24) is 10.6 Å². The van der Waals surface area contributed by atoms with Crippen molar-refractivity contribution in [3.8, 4) is 11.5 Å². The maximum absolute atomic E-state index is 10.0. The number of rotatable bonds is 11. The summed E-state index contributed by atoms with van der Waals surface area (Å²) in [6.07, 6.45) is 3.44. The zero-order valence-electron chi connectivity index (χ0n) is 16.6. The van der Waals surface area contributed by atoms with E-state index in [1.807, 2.05) is 19.1 Å². The number of methoxy groups -OCH3 is 1. The molecule has 0 radical (unpaired) electrons. The molecule has 4 N–H and O–H groups in total. The van der Waals surface area contributed by atoms with Gasteiger partial charge in [0.1, 0.15) is 11.5 Å². The lowest BCUT2D eigenvalue weighted by Crippen LogP contribution is -2.39. The van der Waals surface area contributed by atoms with Gasteiger partial charge in [-0.2, -0.15) is 0 Å². The minimum Gasteiger partial charge on any atom is -0.508 e. The van der Waals surface area contributed by atoms with Gasteiger partial charge >= 0.3 is 0 Å². The average molecular weight is 366 g/mol. The first-order valence-corrected chi connectivity index (χ1v) is 9.53. The van der Waals surface area contributed by atoms with Crippen molar-refractivity contribution in [3.05, 3.63) is 23.8 Å². The van der Waals surface area contributed by atoms with Gasteiger partial charge in [-0.25, -0.2) is 0 Å². The second-order valence-corrected chi connectivity index (χ2v) is 6.55. The van der Waals surface area contributed by atoms with E-state index in [1.54, 1.807) is 13.2 Å². The molecule has 6 heteroatoms. The van der Waals surface area contributed by atoms with Crippen LogP contribution in [0.1, 0.15) is 45.6 Å². The molecule has 1 rings (SSSR count). The minimum atomic E-state index is 0.0470. The highest BCUT2D eigenvalue weighted by Crippen LogP contribution is 2.30. The number of hydrogen-bond acceptors (Lipinski definition) is 4. The van der Waals surface area contributed by atoms with Crippen LogP contribution in [0.25, 0.3) is 0 Å². The Hall–Kier alpha value is -1.95. The van der Waals surface area contributed by atoms with E-state index < -0.39 is 0 Å². The summed E-state index contributed by atoms with van der Waals surface area (Å²) in [7, 11) is 1.58. The lowest BCUT2D eigenvalue weighted by Gasteiger charge is -2.29. The molecule has 0 fully saturated rings. The molecule has 1 aromatic carbocycles. The van der Waals surface area contributed by atoms with Gasteiger partial charge in [-0.15, -0.1) is 0 Å². The molecule has 0 aliphatic rings. The summed E-state index contributed by atoms with van der Waals surface area (Å²) in [6.45, 7) is 8.67. The monoisotopic (exact) mass is 365 g/mol. The second kappa shape index (κ2) is 11.6. The molecule has 6 nitrogen and oxygen atoms in total. The van der Waals surface area contributed by atoms with Gasteiger partial charge in [0.05, 0.1) is 7.11 Å². The SMILES string of the molecule is CCNC(=NCC(CC)(CC)CCO)NCCc1ccc(OC)cc1O. The summed E-state index contributed by atoms with van der Waals surface area (Å²) in [4.78, 5) is 4.73. The Morgan fingerprint density at radius 2 is 1.92 bits per heavy atom. The zero-order chi connectivity index (χ0) is 19.4. The van der Waals surface area contributed by atoms with Crippen LogP contribution < -0.4 is 15.4 Å². The molecule has 1 aromatic rings. The number of hydrogen-bond donors (Lipinski definition) is 4. The third-order valence-electron chi connectivity index (χ3n) is 5.04. The first-order valence-electron chi connectivity index (χ1n) is 9.53. The molecule has 0 aliphatic heterocycles. The lowest BCUT2D eigenvalue weighted by atomic mass is 9.79. The summed E-state index contributed by atoms with van der Waals surface area (Å²) in [5, 5.41) is 26.0. The normalized spacial score (nSPS) is 12.1. The van der Waals surface area contributed by atoms with E-state index in [1.165, 1.54) is 0 Å². The number of aliphatic hydroxyl groups is 1. The lowest BCUT2D eigenvalue weighted by molar-refractivity contribution is 0.175. The molecule has 0 aromatic heterocycles. The molecule has 0 atom stereocenters. The maximum atomic E-state index is 10.0. The predicted molar refractivity (Wildman–Crippen MR) is 107 cm³/mol. The van der Waals surface area contributed by atoms with Crippen molar-refractivity contribution in [1.29, 1.82) is 0 Å². The highest BCUT2D eigenvalue weighted by Gasteiger charge is 2.25. The van der Waals surface area contributed by atoms with Crippen LogP contribution in [0, 0.1) is 5.41 Å². The molecule has 0 spiro atoms. The first kappa shape index (κ1) is 22.1. The van der Waals surface area contributed by atoms with Crippen LogP contribution >= 0.6 is 0 Å². The zero-order valence-corrected chi connectivity index (χ0v) is 16.6. The topological polar surface area (TPSA) is 86.1 Å². The third-order valence-corrected chi connectivity index (χ3v) is 5.04. The summed E-state index contributed by atoms with van der Waals surface area (Å²) < 4.78 is 5.11. The van der Waals surface area contributed by atoms with E-state index in [0.717, 1.165) is 37.3 Å². The third kappa shape index (κ3) is 6.75. The van der Waals surface area contributed by atoms with Crippen molar-refractivity contribution in [2.24, 2.45) is 10.4 Å². The standard InChI is InChI=1S/C20H35N3O3/c1-5-20(6-2,11-13-24)15-23-19(21-7-3)22-12-10-16-8-9-17(26-4)14-18(16)25/h8-9,14,24-25H,5-7,10-13,15H2,1-4H3,(H2,21,22,23). The molecule has 26 heavy (non-hydrogen) atoms. The molecule has 0 bridgehead atoms. The fourth-order valence-corrected chi connectivity index (χ4v) is 2.93. The van der Waals surface area contributed by atoms with Gasteiger partial charge in [-0.1, -0.05) is 19.9 Å². The Morgan fingerprint density at radius 3 is 2.46 bits per heavy atom. The summed E-state index contributed by atoms with van der Waals surface area (Å²) in [5.41, 5.74) is 0.914. The van der Waals surface area contributed by atoms with E-state index in [9.17, 15) is 10.2 Å². The Labute approximate surface area is 157 Å². The van der Waals surface area contributed by atoms with Crippen LogP contribution in [0.2, 0.25) is 0 Å². The summed E-state index contributed by atoms with van der Waals surface area (Å²) in [6, 6.07) is 5.35. The molecule has 0 saturated carbocycles. The number of nitrogens with one attached hydrogen (secondary N) is 2. The highest BCUT2D eigenvalue weighted by molar-refractivity contribution is 5.79. The van der Waals surface area contributed by atoms with Gasteiger partial charge in [0.2, 0.25) is 0 Å². The Balaban J connectivity index is 2.67. The van der Waals surface area contributed by atoms with Crippen molar-refractivity contribution < 1.29 is 14.9 Å². The Bertz CT molecular complexity index is 557. The predicted octanol–water partition coefficient (Wildman–Crippen LogP) is 2.69. The number of aliphatic imine (C=N–C) groups is 1. The van der Waals surface area contributed by atoms with E-state index in [-0.39, 0.29) is 17.8 Å². The van der Waals surface area contributed by atoms with Crippen LogP contribution in [-0.2, 0) is 6.42 Å². The molecule has 148 valence electrons. The van der Waals surface area contributed by atoms with Gasteiger partial charge in [0.25, 0.3) is 0 Å². The molecule has 0 heterocycles. The average Bonchev–Trinajstić information content (AvgIpc) is 2.66. The molecular formula is C20H35N3O3. The maximum Gasteiger partial charge on any atom is 0.191 e. The van der Waals surface area contributed by atoms with Crippen LogP contribution in [0.5, 0.6) is 11.5 Å². The number of nitrogens with zero attached hydrogens (tertiary/aromatic N) is 1. The molecule has 0 aliphatic carbocycles. The number of benzene rings is 1. The van der Waals surface area contributed by atoms with Crippen LogP contribution in [0.4, 0.5) is 0 Å². The van der Waals surface area contributed by atoms with E-state index >= 15 is 0 Å². The Morgan fingerprint density at radius 1 is 1.19 bits per heavy atom. The van der Waals surface area contributed by atoms with Crippen molar-refractivity contribution in [2.45, 2.75) is 46.5 Å². The van der Waals surface area contributed by atoms with Crippen LogP contribution in [-0.4, -0.2) is 49.5 Å². The van der Waals surface area contributed by atoms with Crippen LogP contribution in [0.15, 0.2) is 23.2 Å². The number of aliphatic hydroxyl groups excluding tert-OH is 1. The van der Waals surface area contributed by atoms with Crippen molar-refractivity contribution in [3.63, 3.8) is 0 Å². The smallest absolute Gasteiger partial charge is 0.191 e. The van der Waals surface area contributed by atoms with Crippen LogP contribution in [0.3, 0.4) is 0 Å². The van der Waals surface area contributed by atoms with Gasteiger partial charge in [0, 0.05) is 32.3 Å². The van der Waals surface area contributed by atoms with Gasteiger partial charge in [-0.3, -0.25) is 4.99 Å². The van der Waals surface area contributed by atoms with E-state index in [4.69, 9.17) is 9.73 Å². The summed E-state index contributed by atoms with van der Waals surface area (Å²) >= 11 is 0. The highest BCUT2D eigenvalue weighted by atomic mass is 16.5.